The first-order chi connectivity index (χ1) is 32.1. The summed E-state index contributed by atoms with van der Waals surface area (Å²) in [7, 11) is 1.45. The zero-order valence-corrected chi connectivity index (χ0v) is 37.9. The Hall–Kier alpha value is -6.93. The Morgan fingerprint density at radius 2 is 1.23 bits per heavy atom. The van der Waals surface area contributed by atoms with E-state index < -0.39 is 18.0 Å². The SMILES string of the molecule is CCOC(=O)N1C[C@H](Cc2cccc(OCCc3nc(-c4ccccc4)oc3C)c2)[C@H](C(=O)O)C1.COC(=O)[C@@H]1CNC[C@@H]1Cc1cccc(OCCc2nc(-c3ccccc3)oc2C)c1. The number of esters is 1. The number of benzene rings is 4. The topological polar surface area (TPSA) is 176 Å². The number of ether oxygens (including phenoxy) is 4. The number of carbonyl (C=O) groups is 3. The number of nitrogens with one attached hydrogen (secondary N) is 1. The van der Waals surface area contributed by atoms with Gasteiger partial charge in [0.25, 0.3) is 0 Å². The predicted octanol–water partition coefficient (Wildman–Crippen LogP) is 8.43. The predicted molar refractivity (Wildman–Crippen MR) is 247 cm³/mol. The summed E-state index contributed by atoms with van der Waals surface area (Å²) in [6, 6.07) is 35.4. The summed E-state index contributed by atoms with van der Waals surface area (Å²) in [5.74, 6) is 2.64. The van der Waals surface area contributed by atoms with E-state index in [9.17, 15) is 19.5 Å². The Balaban J connectivity index is 0.000000198. The molecule has 2 N–H and O–H groups in total. The highest BCUT2D eigenvalue weighted by atomic mass is 16.6. The third-order valence-electron chi connectivity index (χ3n) is 12.0. The maximum atomic E-state index is 12.1. The number of amides is 1. The van der Waals surface area contributed by atoms with Gasteiger partial charge in [-0.05, 0) is 112 Å². The number of likely N-dealkylation sites (tertiary alicyclic amines) is 1. The van der Waals surface area contributed by atoms with Gasteiger partial charge < -0.3 is 43.1 Å². The van der Waals surface area contributed by atoms with Gasteiger partial charge in [-0.3, -0.25) is 9.59 Å². The van der Waals surface area contributed by atoms with Crippen LogP contribution in [0.5, 0.6) is 11.5 Å². The average molecular weight is 899 g/mol. The molecule has 0 bridgehead atoms. The fraction of sp³-hybridized carbons (Fsp3) is 0.365. The molecule has 2 aromatic heterocycles. The number of hydrogen-bond donors (Lipinski definition) is 2. The van der Waals surface area contributed by atoms with Gasteiger partial charge >= 0.3 is 18.0 Å². The second-order valence-electron chi connectivity index (χ2n) is 16.5. The number of carboxylic acids is 1. The van der Waals surface area contributed by atoms with Crippen molar-refractivity contribution in [1.82, 2.24) is 20.2 Å². The molecule has 1 amide bonds. The van der Waals surface area contributed by atoms with E-state index in [0.717, 1.165) is 63.9 Å². The van der Waals surface area contributed by atoms with Gasteiger partial charge in [-0.2, -0.15) is 0 Å². The number of carboxylic acid groups (broad SMARTS) is 1. The van der Waals surface area contributed by atoms with Crippen molar-refractivity contribution in [2.45, 2.75) is 46.5 Å². The van der Waals surface area contributed by atoms with E-state index in [-0.39, 0.29) is 36.9 Å². The summed E-state index contributed by atoms with van der Waals surface area (Å²) in [5.41, 5.74) is 5.79. The molecule has 14 heteroatoms. The first-order valence-electron chi connectivity index (χ1n) is 22.5. The lowest BCUT2D eigenvalue weighted by atomic mass is 9.89. The molecule has 4 heterocycles. The van der Waals surface area contributed by atoms with Crippen LogP contribution in [-0.4, -0.2) is 91.1 Å². The molecule has 346 valence electrons. The van der Waals surface area contributed by atoms with Gasteiger partial charge in [0.2, 0.25) is 11.8 Å². The van der Waals surface area contributed by atoms with Crippen LogP contribution in [-0.2, 0) is 44.7 Å². The number of aromatic nitrogens is 2. The van der Waals surface area contributed by atoms with Crippen LogP contribution in [0.15, 0.2) is 118 Å². The van der Waals surface area contributed by atoms with Crippen LogP contribution in [0.1, 0.15) is 41.0 Å². The summed E-state index contributed by atoms with van der Waals surface area (Å²) < 4.78 is 33.6. The number of aliphatic carboxylic acids is 1. The molecule has 66 heavy (non-hydrogen) atoms. The molecule has 4 atom stereocenters. The van der Waals surface area contributed by atoms with E-state index in [1.807, 2.05) is 111 Å². The Bertz CT molecular complexity index is 2520. The monoisotopic (exact) mass is 898 g/mol. The zero-order chi connectivity index (χ0) is 46.4. The Labute approximate surface area is 385 Å². The number of methoxy groups -OCH3 is 1. The van der Waals surface area contributed by atoms with E-state index >= 15 is 0 Å². The second-order valence-corrected chi connectivity index (χ2v) is 16.5. The maximum Gasteiger partial charge on any atom is 0.409 e. The maximum absolute atomic E-state index is 12.1. The third-order valence-corrected chi connectivity index (χ3v) is 12.0. The number of carbonyl (C=O) groups excluding carboxylic acids is 2. The summed E-state index contributed by atoms with van der Waals surface area (Å²) in [6.07, 6.45) is 2.16. The highest BCUT2D eigenvalue weighted by Crippen LogP contribution is 2.30. The van der Waals surface area contributed by atoms with Crippen molar-refractivity contribution < 1.29 is 47.3 Å². The van der Waals surface area contributed by atoms with E-state index in [0.29, 0.717) is 63.1 Å². The van der Waals surface area contributed by atoms with Crippen molar-refractivity contribution in [2.75, 3.05) is 53.1 Å². The molecule has 2 aliphatic rings. The molecule has 14 nitrogen and oxygen atoms in total. The van der Waals surface area contributed by atoms with Crippen LogP contribution in [0.4, 0.5) is 4.79 Å². The molecule has 0 aliphatic carbocycles. The number of nitrogens with zero attached hydrogens (tertiary/aromatic N) is 3. The van der Waals surface area contributed by atoms with Crippen molar-refractivity contribution in [3.05, 3.63) is 143 Å². The largest absolute Gasteiger partial charge is 0.493 e. The van der Waals surface area contributed by atoms with Crippen LogP contribution in [0.25, 0.3) is 22.9 Å². The Morgan fingerprint density at radius 1 is 0.697 bits per heavy atom. The summed E-state index contributed by atoms with van der Waals surface area (Å²) in [6.45, 7) is 8.79. The summed E-state index contributed by atoms with van der Waals surface area (Å²) in [4.78, 5) is 46.6. The fourth-order valence-electron chi connectivity index (χ4n) is 8.49. The van der Waals surface area contributed by atoms with Crippen molar-refractivity contribution in [1.29, 1.82) is 0 Å². The molecule has 2 saturated heterocycles. The van der Waals surface area contributed by atoms with Gasteiger partial charge in [0.15, 0.2) is 0 Å². The van der Waals surface area contributed by atoms with E-state index in [4.69, 9.17) is 27.8 Å². The fourth-order valence-corrected chi connectivity index (χ4v) is 8.49. The van der Waals surface area contributed by atoms with Crippen molar-refractivity contribution in [2.24, 2.45) is 23.7 Å². The summed E-state index contributed by atoms with van der Waals surface area (Å²) >= 11 is 0. The van der Waals surface area contributed by atoms with Crippen molar-refractivity contribution >= 4 is 18.0 Å². The number of hydrogen-bond acceptors (Lipinski definition) is 12. The van der Waals surface area contributed by atoms with Gasteiger partial charge in [-0.1, -0.05) is 60.7 Å². The smallest absolute Gasteiger partial charge is 0.409 e. The molecular weight excluding hydrogens is 841 g/mol. The second kappa shape index (κ2) is 22.8. The Morgan fingerprint density at radius 3 is 1.73 bits per heavy atom. The van der Waals surface area contributed by atoms with Gasteiger partial charge in [0.05, 0.1) is 50.2 Å². The van der Waals surface area contributed by atoms with Gasteiger partial charge in [0.1, 0.15) is 23.0 Å². The minimum Gasteiger partial charge on any atom is -0.493 e. The molecule has 4 aromatic carbocycles. The number of oxazole rings is 2. The molecule has 0 radical (unpaired) electrons. The molecule has 0 saturated carbocycles. The third kappa shape index (κ3) is 12.4. The summed E-state index contributed by atoms with van der Waals surface area (Å²) in [5, 5.41) is 12.9. The van der Waals surface area contributed by atoms with Crippen LogP contribution >= 0.6 is 0 Å². The van der Waals surface area contributed by atoms with Gasteiger partial charge in [0, 0.05) is 43.6 Å². The zero-order valence-electron chi connectivity index (χ0n) is 37.9. The Kier molecular flexibility index (Phi) is 16.3. The normalized spacial score (nSPS) is 17.7. The van der Waals surface area contributed by atoms with Crippen LogP contribution in [0.2, 0.25) is 0 Å². The highest BCUT2D eigenvalue weighted by Gasteiger charge is 2.40. The molecule has 2 aliphatic heterocycles. The quantitative estimate of drug-likeness (QED) is 0.0836. The molecule has 8 rings (SSSR count). The number of aryl methyl sites for hydroxylation is 2. The molecular formula is C52H58N4O10. The standard InChI is InChI=1S/C27H30N2O6.C25H28N2O4/c1-3-33-27(32)29-16-21(23(17-29)26(30)31)14-19-8-7-11-22(15-19)34-13-12-24-18(2)35-25(28-24)20-9-5-4-6-10-20;1-17-23(27-24(31-17)19-8-4-3-5-9-19)11-12-30-21-10-6-7-18(14-21)13-20-15-26-16-22(20)25(28)29-2/h4-11,15,21,23H,3,12-14,16-17H2,1-2H3,(H,30,31);3-10,14,20,22,26H,11-13,15-16H2,1-2H3/t21-,23+;20-,22+/m00/s1. The van der Waals surface area contributed by atoms with Crippen molar-refractivity contribution in [3.8, 4) is 34.4 Å². The number of rotatable bonds is 17. The molecule has 6 aromatic rings. The molecule has 0 spiro atoms. The lowest BCUT2D eigenvalue weighted by molar-refractivity contribution is -0.146. The van der Waals surface area contributed by atoms with Gasteiger partial charge in [-0.25, -0.2) is 14.8 Å². The van der Waals surface area contributed by atoms with E-state index in [1.54, 1.807) is 6.92 Å². The highest BCUT2D eigenvalue weighted by molar-refractivity contribution is 5.75. The lowest BCUT2D eigenvalue weighted by Gasteiger charge is -2.16. The van der Waals surface area contributed by atoms with E-state index in [1.165, 1.54) is 12.0 Å². The van der Waals surface area contributed by atoms with Crippen LogP contribution < -0.4 is 14.8 Å². The van der Waals surface area contributed by atoms with Gasteiger partial charge in [-0.15, -0.1) is 0 Å². The minimum atomic E-state index is -0.896. The molecule has 2 fully saturated rings. The lowest BCUT2D eigenvalue weighted by Crippen LogP contribution is -2.30. The first kappa shape index (κ1) is 47.0. The van der Waals surface area contributed by atoms with Crippen LogP contribution in [0.3, 0.4) is 0 Å². The van der Waals surface area contributed by atoms with E-state index in [2.05, 4.69) is 27.4 Å². The van der Waals surface area contributed by atoms with Crippen LogP contribution in [0, 0.1) is 37.5 Å². The minimum absolute atomic E-state index is 0.0940. The molecule has 0 unspecified atom stereocenters. The average Bonchev–Trinajstić information content (AvgIpc) is 4.14. The van der Waals surface area contributed by atoms with Crippen molar-refractivity contribution in [3.63, 3.8) is 0 Å². The first-order valence-corrected chi connectivity index (χ1v) is 22.5.